The summed E-state index contributed by atoms with van der Waals surface area (Å²) in [6, 6.07) is 12.8. The Morgan fingerprint density at radius 2 is 2.00 bits per heavy atom. The van der Waals surface area contributed by atoms with Crippen LogP contribution in [0.5, 0.6) is 5.75 Å². The maximum atomic E-state index is 12.4. The summed E-state index contributed by atoms with van der Waals surface area (Å²) in [6.07, 6.45) is 2.95. The highest BCUT2D eigenvalue weighted by Gasteiger charge is 2.04. The molecular weight excluding hydrogens is 278 g/mol. The van der Waals surface area contributed by atoms with Gasteiger partial charge in [-0.05, 0) is 30.7 Å². The molecule has 2 aromatic carbocycles. The van der Waals surface area contributed by atoms with Gasteiger partial charge >= 0.3 is 0 Å². The fraction of sp³-hybridized carbons (Fsp3) is 0.111. The van der Waals surface area contributed by atoms with Crippen molar-refractivity contribution in [3.63, 3.8) is 0 Å². The lowest BCUT2D eigenvalue weighted by atomic mass is 10.2. The minimum Gasteiger partial charge on any atom is -0.496 e. The van der Waals surface area contributed by atoms with Gasteiger partial charge in [-0.15, -0.1) is 0 Å². The van der Waals surface area contributed by atoms with Crippen LogP contribution < -0.4 is 10.2 Å². The molecule has 0 amide bonds. The first-order valence-corrected chi connectivity index (χ1v) is 6.88. The van der Waals surface area contributed by atoms with E-state index in [9.17, 15) is 4.79 Å². The van der Waals surface area contributed by atoms with Crippen molar-refractivity contribution in [2.75, 3.05) is 7.11 Å². The van der Waals surface area contributed by atoms with Crippen molar-refractivity contribution >= 4 is 22.9 Å². The third-order valence-corrected chi connectivity index (χ3v) is 3.45. The Balaban J connectivity index is 1.99. The molecule has 3 aromatic rings. The second-order valence-electron chi connectivity index (χ2n) is 4.93. The maximum absolute atomic E-state index is 12.4. The number of fused-ring (bicyclic) bond motifs is 1. The van der Waals surface area contributed by atoms with Gasteiger partial charge in [0.1, 0.15) is 17.6 Å². The predicted octanol–water partition coefficient (Wildman–Crippen LogP) is 3.86. The first-order chi connectivity index (χ1) is 10.7. The molecule has 0 saturated carbocycles. The quantitative estimate of drug-likeness (QED) is 0.689. The summed E-state index contributed by atoms with van der Waals surface area (Å²) in [5, 5.41) is 0.549. The van der Waals surface area contributed by atoms with Gasteiger partial charge in [-0.25, -0.2) is 0 Å². The van der Waals surface area contributed by atoms with Crippen molar-refractivity contribution in [2.45, 2.75) is 6.92 Å². The summed E-state index contributed by atoms with van der Waals surface area (Å²) >= 11 is 0. The second kappa shape index (κ2) is 5.85. The second-order valence-corrected chi connectivity index (χ2v) is 4.93. The monoisotopic (exact) mass is 293 g/mol. The topological polar surface area (TPSA) is 51.8 Å². The van der Waals surface area contributed by atoms with Crippen LogP contribution in [0.15, 0.2) is 62.9 Å². The van der Waals surface area contributed by atoms with Crippen molar-refractivity contribution in [1.82, 2.24) is 0 Å². The molecule has 1 heterocycles. The molecule has 0 N–H and O–H groups in total. The van der Waals surface area contributed by atoms with E-state index >= 15 is 0 Å². The molecule has 0 atom stereocenters. The highest BCUT2D eigenvalue weighted by Crippen LogP contribution is 2.24. The van der Waals surface area contributed by atoms with E-state index in [0.29, 0.717) is 16.5 Å². The van der Waals surface area contributed by atoms with Crippen LogP contribution >= 0.6 is 0 Å². The largest absolute Gasteiger partial charge is 0.496 e. The molecule has 0 radical (unpaired) electrons. The van der Waals surface area contributed by atoms with Crippen LogP contribution in [-0.2, 0) is 0 Å². The van der Waals surface area contributed by atoms with Crippen molar-refractivity contribution in [3.8, 4) is 5.75 Å². The summed E-state index contributed by atoms with van der Waals surface area (Å²) in [5.41, 5.74) is 2.64. The molecule has 0 aliphatic rings. The SMILES string of the molecule is COc1cc(N=Cc2coc3ccccc3c2=O)ccc1C. The fourth-order valence-corrected chi connectivity index (χ4v) is 2.22. The molecule has 0 unspecified atom stereocenters. The van der Waals surface area contributed by atoms with Gasteiger partial charge in [0.25, 0.3) is 0 Å². The molecular formula is C18H15NO3. The van der Waals surface area contributed by atoms with E-state index in [4.69, 9.17) is 9.15 Å². The minimum atomic E-state index is -0.0929. The number of hydrogen-bond donors (Lipinski definition) is 0. The zero-order valence-corrected chi connectivity index (χ0v) is 12.4. The number of rotatable bonds is 3. The Kier molecular flexibility index (Phi) is 3.74. The molecule has 22 heavy (non-hydrogen) atoms. The third kappa shape index (κ3) is 2.63. The number of methoxy groups -OCH3 is 1. The molecule has 0 bridgehead atoms. The average molecular weight is 293 g/mol. The van der Waals surface area contributed by atoms with Gasteiger partial charge in [0.2, 0.25) is 5.43 Å². The van der Waals surface area contributed by atoms with Gasteiger partial charge in [-0.1, -0.05) is 18.2 Å². The van der Waals surface area contributed by atoms with Crippen LogP contribution in [0, 0.1) is 6.92 Å². The summed E-state index contributed by atoms with van der Waals surface area (Å²) in [5.74, 6) is 0.764. The van der Waals surface area contributed by atoms with Crippen LogP contribution in [0.2, 0.25) is 0 Å². The van der Waals surface area contributed by atoms with Gasteiger partial charge in [0.15, 0.2) is 0 Å². The average Bonchev–Trinajstić information content (AvgIpc) is 2.56. The zero-order chi connectivity index (χ0) is 15.5. The Hall–Kier alpha value is -2.88. The highest BCUT2D eigenvalue weighted by molar-refractivity contribution is 5.87. The Labute approximate surface area is 127 Å². The van der Waals surface area contributed by atoms with E-state index in [2.05, 4.69) is 4.99 Å². The number of hydrogen-bond acceptors (Lipinski definition) is 4. The van der Waals surface area contributed by atoms with Gasteiger partial charge in [-0.3, -0.25) is 9.79 Å². The van der Waals surface area contributed by atoms with E-state index in [-0.39, 0.29) is 5.43 Å². The molecule has 0 aliphatic carbocycles. The van der Waals surface area contributed by atoms with Crippen molar-refractivity contribution < 1.29 is 9.15 Å². The molecule has 0 saturated heterocycles. The van der Waals surface area contributed by atoms with E-state index < -0.39 is 0 Å². The van der Waals surface area contributed by atoms with Crippen molar-refractivity contribution in [3.05, 3.63) is 70.1 Å². The molecule has 3 rings (SSSR count). The maximum Gasteiger partial charge on any atom is 0.201 e. The molecule has 4 nitrogen and oxygen atoms in total. The number of benzene rings is 2. The van der Waals surface area contributed by atoms with Crippen molar-refractivity contribution in [2.24, 2.45) is 4.99 Å². The van der Waals surface area contributed by atoms with Gasteiger partial charge in [0, 0.05) is 12.3 Å². The number of ether oxygens (including phenoxy) is 1. The van der Waals surface area contributed by atoms with Gasteiger partial charge < -0.3 is 9.15 Å². The van der Waals surface area contributed by atoms with E-state index in [1.165, 1.54) is 12.5 Å². The smallest absolute Gasteiger partial charge is 0.201 e. The molecule has 0 aliphatic heterocycles. The lowest BCUT2D eigenvalue weighted by Gasteiger charge is -2.04. The van der Waals surface area contributed by atoms with Crippen LogP contribution in [0.25, 0.3) is 11.0 Å². The Morgan fingerprint density at radius 1 is 1.18 bits per heavy atom. The zero-order valence-electron chi connectivity index (χ0n) is 12.4. The predicted molar refractivity (Wildman–Crippen MR) is 87.5 cm³/mol. The van der Waals surface area contributed by atoms with Crippen LogP contribution in [0.3, 0.4) is 0 Å². The van der Waals surface area contributed by atoms with Crippen molar-refractivity contribution in [1.29, 1.82) is 0 Å². The molecule has 4 heteroatoms. The molecule has 110 valence electrons. The van der Waals surface area contributed by atoms with E-state index in [1.54, 1.807) is 19.2 Å². The lowest BCUT2D eigenvalue weighted by molar-refractivity contribution is 0.412. The summed E-state index contributed by atoms with van der Waals surface area (Å²) in [4.78, 5) is 16.7. The number of aryl methyl sites for hydroxylation is 1. The Morgan fingerprint density at radius 3 is 2.82 bits per heavy atom. The van der Waals surface area contributed by atoms with Crippen LogP contribution in [0.4, 0.5) is 5.69 Å². The van der Waals surface area contributed by atoms with Crippen LogP contribution in [-0.4, -0.2) is 13.3 Å². The first-order valence-electron chi connectivity index (χ1n) is 6.88. The Bertz CT molecular complexity index is 910. The van der Waals surface area contributed by atoms with Gasteiger partial charge in [-0.2, -0.15) is 0 Å². The molecule has 1 aromatic heterocycles. The molecule has 0 spiro atoms. The summed E-state index contributed by atoms with van der Waals surface area (Å²) < 4.78 is 10.7. The lowest BCUT2D eigenvalue weighted by Crippen LogP contribution is -2.07. The van der Waals surface area contributed by atoms with Crippen LogP contribution in [0.1, 0.15) is 11.1 Å². The third-order valence-electron chi connectivity index (χ3n) is 3.45. The first kappa shape index (κ1) is 14.1. The standard InChI is InChI=1S/C18H15NO3/c1-12-7-8-14(9-17(12)21-2)19-10-13-11-22-16-6-4-3-5-15(16)18(13)20/h3-11H,1-2H3. The van der Waals surface area contributed by atoms with E-state index in [1.807, 2.05) is 37.3 Å². The normalized spacial score (nSPS) is 11.2. The number of aliphatic imine (C=N–C) groups is 1. The number of nitrogens with zero attached hydrogens (tertiary/aromatic N) is 1. The molecule has 0 fully saturated rings. The number of para-hydroxylation sites is 1. The minimum absolute atomic E-state index is 0.0929. The summed E-state index contributed by atoms with van der Waals surface area (Å²) in [6.45, 7) is 1.96. The fourth-order valence-electron chi connectivity index (χ4n) is 2.22. The highest BCUT2D eigenvalue weighted by atomic mass is 16.5. The van der Waals surface area contributed by atoms with E-state index in [0.717, 1.165) is 17.0 Å². The summed E-state index contributed by atoms with van der Waals surface area (Å²) in [7, 11) is 1.62. The van der Waals surface area contributed by atoms with Gasteiger partial charge in [0.05, 0.1) is 23.7 Å².